The smallest absolute Gasteiger partial charge is 0.303 e. The van der Waals surface area contributed by atoms with Gasteiger partial charge < -0.3 is 4.42 Å². The summed E-state index contributed by atoms with van der Waals surface area (Å²) in [5.74, 6) is 0.307. The SMILES string of the molecule is Cc1ccc2oc(-c3ccc(F)cc3)cc2[n+]1O. The molecule has 0 radical (unpaired) electrons. The van der Waals surface area contributed by atoms with E-state index in [0.29, 0.717) is 22.6 Å². The topological polar surface area (TPSA) is 37.2 Å². The lowest BCUT2D eigenvalue weighted by molar-refractivity contribution is -0.888. The van der Waals surface area contributed by atoms with Crippen molar-refractivity contribution in [2.24, 2.45) is 0 Å². The number of fused-ring (bicyclic) bond motifs is 1. The third-order valence-electron chi connectivity index (χ3n) is 2.91. The summed E-state index contributed by atoms with van der Waals surface area (Å²) in [5, 5.41) is 9.86. The minimum atomic E-state index is -0.289. The molecule has 3 rings (SSSR count). The number of furan rings is 1. The summed E-state index contributed by atoms with van der Waals surface area (Å²) in [7, 11) is 0. The van der Waals surface area contributed by atoms with Crippen molar-refractivity contribution < 1.29 is 18.7 Å². The Balaban J connectivity index is 2.19. The van der Waals surface area contributed by atoms with Gasteiger partial charge in [0.1, 0.15) is 11.6 Å². The van der Waals surface area contributed by atoms with Crippen LogP contribution in [-0.2, 0) is 0 Å². The molecule has 3 nitrogen and oxygen atoms in total. The zero-order valence-corrected chi connectivity index (χ0v) is 9.72. The predicted octanol–water partition coefficient (Wildman–Crippen LogP) is 3.07. The van der Waals surface area contributed by atoms with E-state index in [1.165, 1.54) is 12.1 Å². The van der Waals surface area contributed by atoms with E-state index in [4.69, 9.17) is 4.42 Å². The highest BCUT2D eigenvalue weighted by molar-refractivity contribution is 5.76. The molecule has 2 aromatic heterocycles. The molecular weight excluding hydrogens is 233 g/mol. The van der Waals surface area contributed by atoms with Crippen LogP contribution in [0.5, 0.6) is 0 Å². The normalized spacial score (nSPS) is 11.0. The summed E-state index contributed by atoms with van der Waals surface area (Å²) in [4.78, 5) is 0. The number of nitrogens with zero attached hydrogens (tertiary/aromatic N) is 1. The first kappa shape index (κ1) is 10.8. The van der Waals surface area contributed by atoms with E-state index in [1.54, 1.807) is 37.3 Å². The maximum Gasteiger partial charge on any atom is 0.303 e. The van der Waals surface area contributed by atoms with Gasteiger partial charge in [-0.2, -0.15) is 0 Å². The molecule has 0 fully saturated rings. The average Bonchev–Trinajstić information content (AvgIpc) is 2.80. The molecule has 1 aromatic carbocycles. The summed E-state index contributed by atoms with van der Waals surface area (Å²) in [6, 6.07) is 11.3. The second-order valence-corrected chi connectivity index (χ2v) is 4.15. The van der Waals surface area contributed by atoms with Gasteiger partial charge in [0, 0.05) is 23.3 Å². The molecule has 0 saturated carbocycles. The fourth-order valence-corrected chi connectivity index (χ4v) is 1.89. The average molecular weight is 244 g/mol. The van der Waals surface area contributed by atoms with E-state index in [1.807, 2.05) is 0 Å². The second-order valence-electron chi connectivity index (χ2n) is 4.15. The molecule has 3 aromatic rings. The molecule has 0 atom stereocenters. The molecular formula is C14H11FNO2+. The zero-order valence-electron chi connectivity index (χ0n) is 9.72. The lowest BCUT2D eigenvalue weighted by Crippen LogP contribution is -2.33. The molecule has 0 amide bonds. The highest BCUT2D eigenvalue weighted by atomic mass is 19.1. The number of pyridine rings is 1. The molecule has 4 heteroatoms. The van der Waals surface area contributed by atoms with Crippen LogP contribution in [0.3, 0.4) is 0 Å². The molecule has 0 unspecified atom stereocenters. The van der Waals surface area contributed by atoms with E-state index in [9.17, 15) is 9.60 Å². The van der Waals surface area contributed by atoms with Crippen LogP contribution in [-0.4, -0.2) is 5.21 Å². The molecule has 0 saturated heterocycles. The number of hydrogen-bond acceptors (Lipinski definition) is 2. The Morgan fingerprint density at radius 1 is 1.11 bits per heavy atom. The van der Waals surface area contributed by atoms with E-state index < -0.39 is 0 Å². The van der Waals surface area contributed by atoms with Gasteiger partial charge in [-0.15, -0.1) is 0 Å². The predicted molar refractivity (Wildman–Crippen MR) is 63.7 cm³/mol. The molecule has 0 spiro atoms. The van der Waals surface area contributed by atoms with Crippen molar-refractivity contribution in [2.75, 3.05) is 0 Å². The minimum absolute atomic E-state index is 0.289. The standard InChI is InChI=1S/C14H11FNO2/c1-9-2-7-13-12(16(9)17)8-14(18-13)10-3-5-11(15)6-4-10/h2-8,17H,1H3/q+1. The first-order valence-electron chi connectivity index (χ1n) is 5.55. The van der Waals surface area contributed by atoms with Crippen LogP contribution in [0.1, 0.15) is 5.69 Å². The van der Waals surface area contributed by atoms with Crippen molar-refractivity contribution in [1.82, 2.24) is 0 Å². The Labute approximate surface area is 103 Å². The Kier molecular flexibility index (Phi) is 2.30. The first-order chi connectivity index (χ1) is 8.65. The van der Waals surface area contributed by atoms with Crippen molar-refractivity contribution in [3.8, 4) is 11.3 Å². The largest absolute Gasteiger partial charge is 0.449 e. The molecule has 0 aliphatic heterocycles. The number of rotatable bonds is 1. The maximum atomic E-state index is 12.8. The quantitative estimate of drug-likeness (QED) is 0.527. The van der Waals surface area contributed by atoms with Gasteiger partial charge >= 0.3 is 5.52 Å². The lowest BCUT2D eigenvalue weighted by atomic mass is 10.2. The maximum absolute atomic E-state index is 12.8. The highest BCUT2D eigenvalue weighted by Crippen LogP contribution is 2.26. The van der Waals surface area contributed by atoms with Gasteiger partial charge in [0.15, 0.2) is 0 Å². The van der Waals surface area contributed by atoms with Gasteiger partial charge in [-0.05, 0) is 30.3 Å². The summed E-state index contributed by atoms with van der Waals surface area (Å²) in [6.07, 6.45) is 0. The van der Waals surface area contributed by atoms with E-state index in [2.05, 4.69) is 0 Å². The number of aromatic nitrogens is 1. The Morgan fingerprint density at radius 3 is 2.56 bits per heavy atom. The first-order valence-corrected chi connectivity index (χ1v) is 5.55. The summed E-state index contributed by atoms with van der Waals surface area (Å²) < 4.78 is 19.6. The lowest BCUT2D eigenvalue weighted by Gasteiger charge is -1.94. The van der Waals surface area contributed by atoms with Gasteiger partial charge in [0.2, 0.25) is 11.3 Å². The minimum Gasteiger partial charge on any atom is -0.449 e. The van der Waals surface area contributed by atoms with Crippen molar-refractivity contribution >= 4 is 11.1 Å². The van der Waals surface area contributed by atoms with Crippen molar-refractivity contribution in [1.29, 1.82) is 0 Å². The van der Waals surface area contributed by atoms with Crippen LogP contribution < -0.4 is 4.73 Å². The molecule has 2 heterocycles. The second kappa shape index (κ2) is 3.84. The van der Waals surface area contributed by atoms with Gasteiger partial charge in [0.25, 0.3) is 0 Å². The highest BCUT2D eigenvalue weighted by Gasteiger charge is 2.17. The summed E-state index contributed by atoms with van der Waals surface area (Å²) in [6.45, 7) is 1.80. The molecule has 90 valence electrons. The van der Waals surface area contributed by atoms with Crippen LogP contribution in [0.2, 0.25) is 0 Å². The van der Waals surface area contributed by atoms with Gasteiger partial charge in [-0.25, -0.2) is 4.39 Å². The van der Waals surface area contributed by atoms with Gasteiger partial charge in [-0.3, -0.25) is 5.21 Å². The monoisotopic (exact) mass is 244 g/mol. The van der Waals surface area contributed by atoms with Crippen LogP contribution in [0, 0.1) is 12.7 Å². The van der Waals surface area contributed by atoms with Crippen LogP contribution in [0.4, 0.5) is 4.39 Å². The van der Waals surface area contributed by atoms with E-state index >= 15 is 0 Å². The van der Waals surface area contributed by atoms with Gasteiger partial charge in [0.05, 0.1) is 6.07 Å². The van der Waals surface area contributed by atoms with Crippen molar-refractivity contribution in [3.63, 3.8) is 0 Å². The summed E-state index contributed by atoms with van der Waals surface area (Å²) in [5.41, 5.74) is 2.66. The fourth-order valence-electron chi connectivity index (χ4n) is 1.89. The van der Waals surface area contributed by atoms with Crippen LogP contribution in [0.15, 0.2) is 46.9 Å². The molecule has 0 bridgehead atoms. The Hall–Kier alpha value is -2.36. The van der Waals surface area contributed by atoms with Crippen LogP contribution >= 0.6 is 0 Å². The number of hydrogen-bond donors (Lipinski definition) is 1. The van der Waals surface area contributed by atoms with E-state index in [0.717, 1.165) is 10.3 Å². The third-order valence-corrected chi connectivity index (χ3v) is 2.91. The summed E-state index contributed by atoms with van der Waals surface area (Å²) >= 11 is 0. The van der Waals surface area contributed by atoms with Gasteiger partial charge in [-0.1, -0.05) is 0 Å². The Bertz CT molecular complexity index is 716. The van der Waals surface area contributed by atoms with E-state index in [-0.39, 0.29) is 5.82 Å². The molecule has 1 N–H and O–H groups in total. The third kappa shape index (κ3) is 1.62. The van der Waals surface area contributed by atoms with Crippen molar-refractivity contribution in [3.05, 3.63) is 54.0 Å². The molecule has 0 aliphatic rings. The Morgan fingerprint density at radius 2 is 1.83 bits per heavy atom. The number of halogens is 1. The number of benzene rings is 1. The zero-order chi connectivity index (χ0) is 12.7. The molecule has 18 heavy (non-hydrogen) atoms. The molecule has 0 aliphatic carbocycles. The fraction of sp³-hybridized carbons (Fsp3) is 0.0714. The van der Waals surface area contributed by atoms with Crippen LogP contribution in [0.25, 0.3) is 22.4 Å². The van der Waals surface area contributed by atoms with Crippen molar-refractivity contribution in [2.45, 2.75) is 6.92 Å². The number of aryl methyl sites for hydroxylation is 1.